The molecule has 252 valence electrons. The molecule has 3 atom stereocenters. The summed E-state index contributed by atoms with van der Waals surface area (Å²) in [7, 11) is 1.66. The van der Waals surface area contributed by atoms with Crippen molar-refractivity contribution in [2.24, 2.45) is 5.92 Å². The smallest absolute Gasteiger partial charge is 0.309 e. The predicted octanol–water partition coefficient (Wildman–Crippen LogP) is 8.42. The first-order valence-corrected chi connectivity index (χ1v) is 16.7. The van der Waals surface area contributed by atoms with Crippen LogP contribution in [0.5, 0.6) is 0 Å². The summed E-state index contributed by atoms with van der Waals surface area (Å²) >= 11 is 0. The Hall–Kier alpha value is -2.29. The zero-order valence-corrected chi connectivity index (χ0v) is 29.4. The molecule has 2 aromatic rings. The molecule has 1 heterocycles. The molecule has 0 radical (unpaired) electrons. The average molecular weight is 626 g/mol. The molecule has 1 saturated heterocycles. The van der Waals surface area contributed by atoms with E-state index in [2.05, 4.69) is 76.1 Å². The molecule has 45 heavy (non-hydrogen) atoms. The van der Waals surface area contributed by atoms with Crippen LogP contribution >= 0.6 is 0 Å². The molecular weight excluding hydrogens is 566 g/mol. The highest BCUT2D eigenvalue weighted by atomic mass is 16.7. The SMILES string of the molecule is COCCOCCOCc1ccc(C(C)CC(CC(ON2C(C)(C)CCCC2(C)C)c2ccccc2)C(=O)OC(C)(C)C)cc1. The van der Waals surface area contributed by atoms with Crippen LogP contribution in [0.1, 0.15) is 116 Å². The Morgan fingerprint density at radius 3 is 2.02 bits per heavy atom. The third kappa shape index (κ3) is 12.1. The Morgan fingerprint density at radius 1 is 0.822 bits per heavy atom. The standard InChI is InChI=1S/C38H59NO6/c1-29(31-18-16-30(17-19-31)28-43-25-24-42-23-22-41-9)26-33(35(40)44-36(2,3)4)27-34(32-14-11-10-12-15-32)45-39-37(5,6)20-13-21-38(39,7)8/h10-12,14-19,29,33-34H,13,20-28H2,1-9H3. The van der Waals surface area contributed by atoms with Gasteiger partial charge in [-0.3, -0.25) is 9.63 Å². The molecule has 1 fully saturated rings. The summed E-state index contributed by atoms with van der Waals surface area (Å²) in [5.41, 5.74) is 2.55. The molecule has 2 aromatic carbocycles. The van der Waals surface area contributed by atoms with Gasteiger partial charge in [0.25, 0.3) is 0 Å². The van der Waals surface area contributed by atoms with Gasteiger partial charge in [0.2, 0.25) is 0 Å². The Balaban J connectivity index is 1.76. The second kappa shape index (κ2) is 17.0. The Bertz CT molecular complexity index is 1130. The van der Waals surface area contributed by atoms with Crippen LogP contribution in [0, 0.1) is 5.92 Å². The maximum atomic E-state index is 13.8. The van der Waals surface area contributed by atoms with Crippen molar-refractivity contribution in [2.45, 2.75) is 123 Å². The Labute approximate surface area is 272 Å². The van der Waals surface area contributed by atoms with Crippen molar-refractivity contribution in [1.29, 1.82) is 0 Å². The normalized spacial score (nSPS) is 18.7. The molecule has 0 bridgehead atoms. The molecule has 0 N–H and O–H groups in total. The molecule has 0 saturated carbocycles. The van der Waals surface area contributed by atoms with Gasteiger partial charge in [-0.05, 0) is 103 Å². The number of carbonyl (C=O) groups excluding carboxylic acids is 1. The maximum Gasteiger partial charge on any atom is 0.309 e. The van der Waals surface area contributed by atoms with Gasteiger partial charge >= 0.3 is 5.97 Å². The fourth-order valence-electron chi connectivity index (χ4n) is 6.29. The maximum absolute atomic E-state index is 13.8. The minimum absolute atomic E-state index is 0.119. The first-order valence-electron chi connectivity index (χ1n) is 16.7. The second-order valence-corrected chi connectivity index (χ2v) is 14.8. The minimum atomic E-state index is -0.574. The van der Waals surface area contributed by atoms with E-state index in [0.717, 1.165) is 24.0 Å². The highest BCUT2D eigenvalue weighted by Crippen LogP contribution is 2.42. The summed E-state index contributed by atoms with van der Waals surface area (Å²) < 4.78 is 22.2. The number of hydrogen-bond acceptors (Lipinski definition) is 7. The van der Waals surface area contributed by atoms with E-state index in [1.165, 1.54) is 12.0 Å². The lowest BCUT2D eigenvalue weighted by molar-refractivity contribution is -0.309. The first-order chi connectivity index (χ1) is 21.2. The van der Waals surface area contributed by atoms with E-state index in [1.54, 1.807) is 7.11 Å². The summed E-state index contributed by atoms with van der Waals surface area (Å²) in [6, 6.07) is 18.8. The van der Waals surface area contributed by atoms with Gasteiger partial charge in [0.15, 0.2) is 0 Å². The van der Waals surface area contributed by atoms with E-state index in [4.69, 9.17) is 23.8 Å². The van der Waals surface area contributed by atoms with E-state index in [-0.39, 0.29) is 35.0 Å². The van der Waals surface area contributed by atoms with E-state index in [0.29, 0.717) is 45.9 Å². The molecule has 0 amide bonds. The number of carbonyl (C=O) groups is 1. The van der Waals surface area contributed by atoms with Crippen LogP contribution in [0.4, 0.5) is 0 Å². The Morgan fingerprint density at radius 2 is 1.42 bits per heavy atom. The van der Waals surface area contributed by atoms with Gasteiger partial charge in [0, 0.05) is 18.2 Å². The molecular formula is C38H59NO6. The number of rotatable bonds is 17. The number of piperidine rings is 1. The third-order valence-electron chi connectivity index (χ3n) is 8.58. The van der Waals surface area contributed by atoms with Gasteiger partial charge in [-0.1, -0.05) is 61.5 Å². The lowest BCUT2D eigenvalue weighted by Gasteiger charge is -2.52. The van der Waals surface area contributed by atoms with Crippen molar-refractivity contribution in [1.82, 2.24) is 5.06 Å². The molecule has 1 aliphatic rings. The highest BCUT2D eigenvalue weighted by molar-refractivity contribution is 5.73. The fraction of sp³-hybridized carbons (Fsp3) is 0.658. The fourth-order valence-corrected chi connectivity index (χ4v) is 6.29. The first kappa shape index (κ1) is 37.2. The molecule has 0 aromatic heterocycles. The predicted molar refractivity (Wildman–Crippen MR) is 180 cm³/mol. The van der Waals surface area contributed by atoms with E-state index in [1.807, 2.05) is 39.0 Å². The van der Waals surface area contributed by atoms with Crippen molar-refractivity contribution in [3.8, 4) is 0 Å². The van der Waals surface area contributed by atoms with Crippen LogP contribution in [0.2, 0.25) is 0 Å². The van der Waals surface area contributed by atoms with E-state index < -0.39 is 5.60 Å². The monoisotopic (exact) mass is 625 g/mol. The number of ether oxygens (including phenoxy) is 4. The number of hydrogen-bond donors (Lipinski definition) is 0. The number of nitrogens with zero attached hydrogens (tertiary/aromatic N) is 1. The van der Waals surface area contributed by atoms with Gasteiger partial charge in [-0.2, -0.15) is 5.06 Å². The number of benzene rings is 2. The van der Waals surface area contributed by atoms with Gasteiger partial charge in [-0.15, -0.1) is 0 Å². The summed E-state index contributed by atoms with van der Waals surface area (Å²) in [6.07, 6.45) is 4.20. The zero-order chi connectivity index (χ0) is 33.1. The van der Waals surface area contributed by atoms with Gasteiger partial charge in [0.05, 0.1) is 39.0 Å². The van der Waals surface area contributed by atoms with Crippen molar-refractivity contribution in [3.05, 3.63) is 71.3 Å². The van der Waals surface area contributed by atoms with Crippen LogP contribution < -0.4 is 0 Å². The largest absolute Gasteiger partial charge is 0.460 e. The molecule has 1 aliphatic heterocycles. The summed E-state index contributed by atoms with van der Waals surface area (Å²) in [6.45, 7) is 19.8. The third-order valence-corrected chi connectivity index (χ3v) is 8.58. The molecule has 3 rings (SSSR count). The quantitative estimate of drug-likeness (QED) is 0.129. The topological polar surface area (TPSA) is 66.5 Å². The zero-order valence-electron chi connectivity index (χ0n) is 29.4. The summed E-state index contributed by atoms with van der Waals surface area (Å²) in [4.78, 5) is 20.8. The second-order valence-electron chi connectivity index (χ2n) is 14.8. The van der Waals surface area contributed by atoms with Gasteiger partial charge in [-0.25, -0.2) is 0 Å². The van der Waals surface area contributed by atoms with E-state index in [9.17, 15) is 4.79 Å². The summed E-state index contributed by atoms with van der Waals surface area (Å²) in [5, 5.41) is 2.21. The van der Waals surface area contributed by atoms with Crippen molar-refractivity contribution in [2.75, 3.05) is 33.5 Å². The van der Waals surface area contributed by atoms with Crippen LogP contribution in [0.15, 0.2) is 54.6 Å². The van der Waals surface area contributed by atoms with Crippen LogP contribution in [0.3, 0.4) is 0 Å². The van der Waals surface area contributed by atoms with Crippen molar-refractivity contribution < 1.29 is 28.6 Å². The van der Waals surface area contributed by atoms with Crippen LogP contribution in [-0.4, -0.2) is 61.2 Å². The van der Waals surface area contributed by atoms with Crippen LogP contribution in [0.25, 0.3) is 0 Å². The molecule has 3 unspecified atom stereocenters. The Kier molecular flexibility index (Phi) is 14.1. The molecule has 0 spiro atoms. The lowest BCUT2D eigenvalue weighted by Crippen LogP contribution is -2.58. The summed E-state index contributed by atoms with van der Waals surface area (Å²) in [5.74, 6) is -0.374. The van der Waals surface area contributed by atoms with Crippen molar-refractivity contribution >= 4 is 5.97 Å². The molecule has 7 heteroatoms. The van der Waals surface area contributed by atoms with Crippen LogP contribution in [-0.2, 0) is 35.2 Å². The molecule has 7 nitrogen and oxygen atoms in total. The van der Waals surface area contributed by atoms with Crippen molar-refractivity contribution in [3.63, 3.8) is 0 Å². The van der Waals surface area contributed by atoms with Gasteiger partial charge in [0.1, 0.15) is 11.7 Å². The minimum Gasteiger partial charge on any atom is -0.460 e. The average Bonchev–Trinajstić information content (AvgIpc) is 2.97. The number of methoxy groups -OCH3 is 1. The lowest BCUT2D eigenvalue weighted by atomic mass is 9.82. The molecule has 0 aliphatic carbocycles. The highest BCUT2D eigenvalue weighted by Gasteiger charge is 2.44. The number of esters is 1. The van der Waals surface area contributed by atoms with E-state index >= 15 is 0 Å². The van der Waals surface area contributed by atoms with Gasteiger partial charge < -0.3 is 18.9 Å². The number of hydroxylamine groups is 2.